The summed E-state index contributed by atoms with van der Waals surface area (Å²) in [4.78, 5) is 4.07. The smallest absolute Gasteiger partial charge is 0.189 e. The fraction of sp³-hybridized carbons (Fsp3) is 0.500. The van der Waals surface area contributed by atoms with E-state index in [1.807, 2.05) is 17.8 Å². The number of aromatic nitrogens is 2. The molecule has 1 aliphatic heterocycles. The molecule has 2 rings (SSSR count). The highest BCUT2D eigenvalue weighted by atomic mass is 35.5. The number of aryl methyl sites for hydroxylation is 1. The molecule has 1 unspecified atom stereocenters. The zero-order chi connectivity index (χ0) is 9.26. The maximum atomic E-state index is 5.59. The van der Waals surface area contributed by atoms with Crippen LogP contribution in [0.2, 0.25) is 0 Å². The van der Waals surface area contributed by atoms with E-state index < -0.39 is 0 Å². The second kappa shape index (κ2) is 4.32. The lowest BCUT2D eigenvalue weighted by molar-refractivity contribution is 0.523. The highest BCUT2D eigenvalue weighted by Gasteiger charge is 2.17. The predicted molar refractivity (Wildman–Crippen MR) is 57.4 cm³/mol. The Morgan fingerprint density at radius 3 is 3.00 bits per heavy atom. The van der Waals surface area contributed by atoms with Crippen LogP contribution in [0.4, 0.5) is 0 Å². The molecule has 0 aliphatic carbocycles. The molecule has 1 aromatic rings. The van der Waals surface area contributed by atoms with Crippen molar-refractivity contribution in [1.29, 1.82) is 0 Å². The van der Waals surface area contributed by atoms with Crippen LogP contribution in [0.15, 0.2) is 17.3 Å². The van der Waals surface area contributed by atoms with Crippen LogP contribution in [0.5, 0.6) is 0 Å². The van der Waals surface area contributed by atoms with Crippen molar-refractivity contribution >= 4 is 18.4 Å². The van der Waals surface area contributed by atoms with Crippen LogP contribution in [-0.4, -0.2) is 22.3 Å². The zero-order valence-corrected chi connectivity index (χ0v) is 8.79. The molecular formula is C8H14ClN5. The van der Waals surface area contributed by atoms with E-state index in [-0.39, 0.29) is 18.4 Å². The van der Waals surface area contributed by atoms with Gasteiger partial charge in [-0.2, -0.15) is 5.10 Å². The van der Waals surface area contributed by atoms with E-state index in [9.17, 15) is 0 Å². The standard InChI is InChI=1S/C8H13N5.ClH/c1-13-7(3-5-11-13)6-2-4-10-8(9)12-6;/h3,5-6H,2,4H2,1H3,(H3,9,10,12);1H. The largest absolute Gasteiger partial charge is 0.370 e. The summed E-state index contributed by atoms with van der Waals surface area (Å²) in [5.41, 5.74) is 6.74. The molecule has 2 heterocycles. The first-order valence-corrected chi connectivity index (χ1v) is 4.32. The van der Waals surface area contributed by atoms with Crippen LogP contribution in [0, 0.1) is 0 Å². The fourth-order valence-electron chi connectivity index (χ4n) is 1.56. The number of nitrogens with two attached hydrogens (primary N) is 1. The Morgan fingerprint density at radius 1 is 1.64 bits per heavy atom. The third-order valence-electron chi connectivity index (χ3n) is 2.24. The Kier molecular flexibility index (Phi) is 3.35. The first-order chi connectivity index (χ1) is 6.27. The molecule has 0 spiro atoms. The van der Waals surface area contributed by atoms with Gasteiger partial charge in [0.2, 0.25) is 0 Å². The lowest BCUT2D eigenvalue weighted by Crippen LogP contribution is -2.39. The highest BCUT2D eigenvalue weighted by Crippen LogP contribution is 2.17. The first-order valence-electron chi connectivity index (χ1n) is 4.32. The van der Waals surface area contributed by atoms with Crippen molar-refractivity contribution in [3.63, 3.8) is 0 Å². The molecule has 0 saturated carbocycles. The average molecular weight is 216 g/mol. The second-order valence-corrected chi connectivity index (χ2v) is 3.13. The Balaban J connectivity index is 0.000000980. The third kappa shape index (κ3) is 1.98. The number of hydrogen-bond donors (Lipinski definition) is 2. The molecule has 5 nitrogen and oxygen atoms in total. The van der Waals surface area contributed by atoms with Crippen molar-refractivity contribution in [2.45, 2.75) is 12.5 Å². The van der Waals surface area contributed by atoms with E-state index in [1.54, 1.807) is 6.20 Å². The summed E-state index contributed by atoms with van der Waals surface area (Å²) < 4.78 is 1.86. The lowest BCUT2D eigenvalue weighted by Gasteiger charge is -2.22. The SMILES string of the molecule is Cl.Cn1nccc1C1CCN=C(N)N1. The molecule has 1 atom stereocenters. The van der Waals surface area contributed by atoms with Gasteiger partial charge in [0, 0.05) is 19.8 Å². The molecule has 1 aliphatic rings. The van der Waals surface area contributed by atoms with Crippen LogP contribution in [0.25, 0.3) is 0 Å². The molecule has 14 heavy (non-hydrogen) atoms. The minimum atomic E-state index is 0. The van der Waals surface area contributed by atoms with Crippen LogP contribution in [0.1, 0.15) is 18.2 Å². The maximum Gasteiger partial charge on any atom is 0.189 e. The Labute approximate surface area is 88.8 Å². The van der Waals surface area contributed by atoms with E-state index in [2.05, 4.69) is 15.4 Å². The Morgan fingerprint density at radius 2 is 2.43 bits per heavy atom. The Bertz CT molecular complexity index is 332. The summed E-state index contributed by atoms with van der Waals surface area (Å²) in [6.07, 6.45) is 2.76. The van der Waals surface area contributed by atoms with Gasteiger partial charge in [-0.1, -0.05) is 0 Å². The molecule has 0 bridgehead atoms. The van der Waals surface area contributed by atoms with E-state index in [1.165, 1.54) is 0 Å². The summed E-state index contributed by atoms with van der Waals surface area (Å²) in [5.74, 6) is 0.525. The molecule has 6 heteroatoms. The third-order valence-corrected chi connectivity index (χ3v) is 2.24. The van der Waals surface area contributed by atoms with Crippen molar-refractivity contribution in [1.82, 2.24) is 15.1 Å². The van der Waals surface area contributed by atoms with Crippen LogP contribution in [0.3, 0.4) is 0 Å². The minimum Gasteiger partial charge on any atom is -0.370 e. The van der Waals surface area contributed by atoms with Crippen molar-refractivity contribution in [3.05, 3.63) is 18.0 Å². The van der Waals surface area contributed by atoms with Crippen LogP contribution in [-0.2, 0) is 7.05 Å². The zero-order valence-electron chi connectivity index (χ0n) is 7.97. The normalized spacial score (nSPS) is 20.6. The molecular weight excluding hydrogens is 202 g/mol. The van der Waals surface area contributed by atoms with E-state index in [0.29, 0.717) is 5.96 Å². The second-order valence-electron chi connectivity index (χ2n) is 3.13. The monoisotopic (exact) mass is 215 g/mol. The minimum absolute atomic E-state index is 0. The molecule has 0 aromatic carbocycles. The summed E-state index contributed by atoms with van der Waals surface area (Å²) in [5, 5.41) is 7.24. The van der Waals surface area contributed by atoms with Gasteiger partial charge in [-0.05, 0) is 12.5 Å². The van der Waals surface area contributed by atoms with Crippen molar-refractivity contribution in [2.24, 2.45) is 17.8 Å². The number of nitrogens with one attached hydrogen (secondary N) is 1. The van der Waals surface area contributed by atoms with E-state index in [4.69, 9.17) is 5.73 Å². The highest BCUT2D eigenvalue weighted by molar-refractivity contribution is 5.85. The molecule has 0 amide bonds. The topological polar surface area (TPSA) is 68.2 Å². The van der Waals surface area contributed by atoms with Crippen LogP contribution < -0.4 is 11.1 Å². The van der Waals surface area contributed by atoms with Crippen molar-refractivity contribution in [2.75, 3.05) is 6.54 Å². The van der Waals surface area contributed by atoms with Crippen LogP contribution >= 0.6 is 12.4 Å². The van der Waals surface area contributed by atoms with E-state index in [0.717, 1.165) is 18.7 Å². The summed E-state index contributed by atoms with van der Waals surface area (Å²) in [7, 11) is 1.93. The van der Waals surface area contributed by atoms with Crippen molar-refractivity contribution in [3.8, 4) is 0 Å². The molecule has 0 radical (unpaired) electrons. The van der Waals surface area contributed by atoms with Gasteiger partial charge in [0.05, 0.1) is 11.7 Å². The number of nitrogens with zero attached hydrogens (tertiary/aromatic N) is 3. The lowest BCUT2D eigenvalue weighted by atomic mass is 10.1. The van der Waals surface area contributed by atoms with Crippen molar-refractivity contribution < 1.29 is 0 Å². The summed E-state index contributed by atoms with van der Waals surface area (Å²) in [6, 6.07) is 2.25. The van der Waals surface area contributed by atoms with Gasteiger partial charge in [0.25, 0.3) is 0 Å². The number of rotatable bonds is 1. The van der Waals surface area contributed by atoms with Gasteiger partial charge in [-0.3, -0.25) is 9.67 Å². The average Bonchev–Trinajstić information content (AvgIpc) is 2.51. The molecule has 78 valence electrons. The predicted octanol–water partition coefficient (Wildman–Crippen LogP) is 0.191. The molecule has 1 aromatic heterocycles. The number of aliphatic imine (C=N–C) groups is 1. The summed E-state index contributed by atoms with van der Waals surface area (Å²) in [6.45, 7) is 0.786. The number of halogens is 1. The van der Waals surface area contributed by atoms with Gasteiger partial charge < -0.3 is 11.1 Å². The summed E-state index contributed by atoms with van der Waals surface area (Å²) >= 11 is 0. The van der Waals surface area contributed by atoms with Gasteiger partial charge in [-0.15, -0.1) is 12.4 Å². The molecule has 0 fully saturated rings. The fourth-order valence-corrected chi connectivity index (χ4v) is 1.56. The first kappa shape index (κ1) is 10.8. The van der Waals surface area contributed by atoms with E-state index >= 15 is 0 Å². The number of hydrogen-bond acceptors (Lipinski definition) is 4. The van der Waals surface area contributed by atoms with Gasteiger partial charge in [0.1, 0.15) is 0 Å². The quantitative estimate of drug-likeness (QED) is 0.703. The molecule has 3 N–H and O–H groups in total. The van der Waals surface area contributed by atoms with Gasteiger partial charge in [0.15, 0.2) is 5.96 Å². The Hall–Kier alpha value is -1.23. The number of guanidine groups is 1. The maximum absolute atomic E-state index is 5.59. The van der Waals surface area contributed by atoms with Gasteiger partial charge >= 0.3 is 0 Å². The van der Waals surface area contributed by atoms with Gasteiger partial charge in [-0.25, -0.2) is 0 Å². The molecule has 0 saturated heterocycles.